The topological polar surface area (TPSA) is 89.5 Å². The van der Waals surface area contributed by atoms with Crippen molar-refractivity contribution in [3.8, 4) is 0 Å². The lowest BCUT2D eigenvalue weighted by molar-refractivity contribution is -0.313. The third kappa shape index (κ3) is 4.00. The molecule has 134 valence electrons. The van der Waals surface area contributed by atoms with E-state index in [-0.39, 0.29) is 11.8 Å². The fraction of sp³-hybridized carbons (Fsp3) is 0.526. The van der Waals surface area contributed by atoms with E-state index in [1.54, 1.807) is 24.3 Å². The average molecular weight is 343 g/mol. The molecule has 6 heteroatoms. The molecule has 1 aliphatic carbocycles. The quantitative estimate of drug-likeness (QED) is 0.895. The van der Waals surface area contributed by atoms with Gasteiger partial charge >= 0.3 is 0 Å². The monoisotopic (exact) mass is 343 g/mol. The van der Waals surface area contributed by atoms with Crippen LogP contribution in [0.4, 0.5) is 5.69 Å². The van der Waals surface area contributed by atoms with Crippen molar-refractivity contribution in [2.24, 2.45) is 11.8 Å². The van der Waals surface area contributed by atoms with Crippen LogP contribution in [0.2, 0.25) is 0 Å². The highest BCUT2D eigenvalue weighted by Gasteiger charge is 2.31. The number of rotatable bonds is 4. The summed E-state index contributed by atoms with van der Waals surface area (Å²) in [5, 5.41) is 14.0. The number of nitrogens with one attached hydrogen (secondary N) is 1. The molecule has 1 N–H and O–H groups in total. The summed E-state index contributed by atoms with van der Waals surface area (Å²) in [5.74, 6) is -2.69. The Hall–Kier alpha value is -2.37. The molecule has 1 saturated carbocycles. The molecule has 3 rings (SSSR count). The first-order valence-electron chi connectivity index (χ1n) is 8.97. The molecular formula is C19H23N2O4-. The summed E-state index contributed by atoms with van der Waals surface area (Å²) < 4.78 is 0. The van der Waals surface area contributed by atoms with Gasteiger partial charge in [0.25, 0.3) is 5.91 Å². The summed E-state index contributed by atoms with van der Waals surface area (Å²) >= 11 is 0. The van der Waals surface area contributed by atoms with Crippen LogP contribution in [0.25, 0.3) is 0 Å². The summed E-state index contributed by atoms with van der Waals surface area (Å²) in [7, 11) is 0. The lowest BCUT2D eigenvalue weighted by atomic mass is 9.78. The first-order chi connectivity index (χ1) is 12.1. The number of nitrogens with zero attached hydrogens (tertiary/aromatic N) is 1. The van der Waals surface area contributed by atoms with Crippen LogP contribution in [0.5, 0.6) is 0 Å². The summed E-state index contributed by atoms with van der Waals surface area (Å²) in [6.45, 7) is 1.59. The number of carbonyl (C=O) groups excluding carboxylic acids is 3. The van der Waals surface area contributed by atoms with Crippen LogP contribution < -0.4 is 10.4 Å². The SMILES string of the molecule is O=C([O-])[C@@H]1CCCC[C@H]1C(=O)Nc1ccc(C(=O)N2CCCC2)cc1. The summed E-state index contributed by atoms with van der Waals surface area (Å²) in [4.78, 5) is 37.8. The number of carboxylic acids is 1. The fourth-order valence-corrected chi connectivity index (χ4v) is 3.76. The molecule has 1 heterocycles. The molecular weight excluding hydrogens is 320 g/mol. The van der Waals surface area contributed by atoms with Crippen molar-refractivity contribution in [3.63, 3.8) is 0 Å². The maximum absolute atomic E-state index is 12.4. The predicted octanol–water partition coefficient (Wildman–Crippen LogP) is 1.42. The molecule has 6 nitrogen and oxygen atoms in total. The van der Waals surface area contributed by atoms with Gasteiger partial charge < -0.3 is 20.1 Å². The van der Waals surface area contributed by atoms with Gasteiger partial charge in [-0.1, -0.05) is 12.8 Å². The zero-order valence-electron chi connectivity index (χ0n) is 14.2. The van der Waals surface area contributed by atoms with Gasteiger partial charge in [-0.05, 0) is 49.9 Å². The Balaban J connectivity index is 1.63. The Bertz CT molecular complexity index is 650. The second-order valence-corrected chi connectivity index (χ2v) is 6.88. The number of anilines is 1. The van der Waals surface area contributed by atoms with Gasteiger partial charge in [0.1, 0.15) is 0 Å². The Labute approximate surface area is 147 Å². The van der Waals surface area contributed by atoms with E-state index in [0.717, 1.165) is 38.8 Å². The third-order valence-electron chi connectivity index (χ3n) is 5.20. The molecule has 2 amide bonds. The smallest absolute Gasteiger partial charge is 0.253 e. The molecule has 1 aliphatic heterocycles. The van der Waals surface area contributed by atoms with Crippen LogP contribution >= 0.6 is 0 Å². The molecule has 2 fully saturated rings. The lowest BCUT2D eigenvalue weighted by Gasteiger charge is -2.31. The molecule has 1 aromatic carbocycles. The number of benzene rings is 1. The Kier molecular flexibility index (Phi) is 5.36. The number of carboxylic acid groups (broad SMARTS) is 1. The molecule has 0 radical (unpaired) electrons. The van der Waals surface area contributed by atoms with E-state index < -0.39 is 17.8 Å². The van der Waals surface area contributed by atoms with Gasteiger partial charge in [-0.2, -0.15) is 0 Å². The van der Waals surface area contributed by atoms with E-state index in [0.29, 0.717) is 24.1 Å². The van der Waals surface area contributed by atoms with Crippen LogP contribution in [0, 0.1) is 11.8 Å². The maximum Gasteiger partial charge on any atom is 0.253 e. The Morgan fingerprint density at radius 2 is 1.52 bits per heavy atom. The van der Waals surface area contributed by atoms with Crippen molar-refractivity contribution < 1.29 is 19.5 Å². The average Bonchev–Trinajstić information content (AvgIpc) is 3.16. The highest BCUT2D eigenvalue weighted by atomic mass is 16.4. The minimum Gasteiger partial charge on any atom is -0.550 e. The number of carbonyl (C=O) groups is 3. The first-order valence-corrected chi connectivity index (χ1v) is 8.97. The van der Waals surface area contributed by atoms with Crippen molar-refractivity contribution in [1.29, 1.82) is 0 Å². The van der Waals surface area contributed by atoms with Gasteiger partial charge in [-0.25, -0.2) is 0 Å². The standard InChI is InChI=1S/C19H24N2O4/c22-17(15-5-1-2-6-16(15)19(24)25)20-14-9-7-13(8-10-14)18(23)21-11-3-4-12-21/h7-10,15-16H,1-6,11-12H2,(H,20,22)(H,24,25)/p-1/t15-,16-/m1/s1. The van der Waals surface area contributed by atoms with Crippen LogP contribution in [0.1, 0.15) is 48.9 Å². The zero-order valence-corrected chi connectivity index (χ0v) is 14.2. The van der Waals surface area contributed by atoms with Crippen LogP contribution in [0.15, 0.2) is 24.3 Å². The first kappa shape index (κ1) is 17.5. The van der Waals surface area contributed by atoms with Crippen LogP contribution in [-0.4, -0.2) is 35.8 Å². The maximum atomic E-state index is 12.4. The molecule has 0 aromatic heterocycles. The second kappa shape index (κ2) is 7.68. The van der Waals surface area contributed by atoms with Crippen molar-refractivity contribution in [3.05, 3.63) is 29.8 Å². The molecule has 0 unspecified atom stereocenters. The van der Waals surface area contributed by atoms with Crippen molar-refractivity contribution in [2.45, 2.75) is 38.5 Å². The van der Waals surface area contributed by atoms with Gasteiger partial charge in [0.2, 0.25) is 5.91 Å². The van der Waals surface area contributed by atoms with E-state index >= 15 is 0 Å². The predicted molar refractivity (Wildman–Crippen MR) is 90.7 cm³/mol. The zero-order chi connectivity index (χ0) is 17.8. The molecule has 1 aromatic rings. The van der Waals surface area contributed by atoms with Crippen molar-refractivity contribution >= 4 is 23.5 Å². The van der Waals surface area contributed by atoms with E-state index in [1.165, 1.54) is 0 Å². The summed E-state index contributed by atoms with van der Waals surface area (Å²) in [5.41, 5.74) is 1.18. The molecule has 25 heavy (non-hydrogen) atoms. The van der Waals surface area contributed by atoms with E-state index in [4.69, 9.17) is 0 Å². The third-order valence-corrected chi connectivity index (χ3v) is 5.20. The van der Waals surface area contributed by atoms with E-state index in [2.05, 4.69) is 5.32 Å². The molecule has 0 bridgehead atoms. The number of likely N-dealkylation sites (tertiary alicyclic amines) is 1. The number of hydrogen-bond donors (Lipinski definition) is 1. The van der Waals surface area contributed by atoms with Gasteiger partial charge in [0.15, 0.2) is 0 Å². The van der Waals surface area contributed by atoms with Gasteiger partial charge in [0, 0.05) is 42.1 Å². The summed E-state index contributed by atoms with van der Waals surface area (Å²) in [6, 6.07) is 6.79. The second-order valence-electron chi connectivity index (χ2n) is 6.88. The van der Waals surface area contributed by atoms with Gasteiger partial charge in [-0.3, -0.25) is 9.59 Å². The highest BCUT2D eigenvalue weighted by Crippen LogP contribution is 2.30. The molecule has 2 atom stereocenters. The molecule has 2 aliphatic rings. The van der Waals surface area contributed by atoms with E-state index in [1.807, 2.05) is 4.90 Å². The Morgan fingerprint density at radius 3 is 2.12 bits per heavy atom. The normalized spacial score (nSPS) is 23.3. The van der Waals surface area contributed by atoms with Gasteiger partial charge in [-0.15, -0.1) is 0 Å². The molecule has 1 saturated heterocycles. The highest BCUT2D eigenvalue weighted by molar-refractivity contribution is 5.97. The van der Waals surface area contributed by atoms with Crippen LogP contribution in [0.3, 0.4) is 0 Å². The van der Waals surface area contributed by atoms with Gasteiger partial charge in [0.05, 0.1) is 0 Å². The minimum atomic E-state index is -1.15. The van der Waals surface area contributed by atoms with E-state index in [9.17, 15) is 19.5 Å². The summed E-state index contributed by atoms with van der Waals surface area (Å²) in [6.07, 6.45) is 4.81. The number of amides is 2. The largest absolute Gasteiger partial charge is 0.550 e. The fourth-order valence-electron chi connectivity index (χ4n) is 3.76. The number of hydrogen-bond acceptors (Lipinski definition) is 4. The molecule has 0 spiro atoms. The number of aliphatic carboxylic acids is 1. The lowest BCUT2D eigenvalue weighted by Crippen LogP contribution is -2.42. The van der Waals surface area contributed by atoms with Crippen molar-refractivity contribution in [2.75, 3.05) is 18.4 Å². The van der Waals surface area contributed by atoms with Crippen molar-refractivity contribution in [1.82, 2.24) is 4.90 Å². The minimum absolute atomic E-state index is 0.0136. The Morgan fingerprint density at radius 1 is 0.920 bits per heavy atom. The van der Waals surface area contributed by atoms with Crippen LogP contribution in [-0.2, 0) is 9.59 Å².